The smallest absolute Gasteiger partial charge is 0.242 e. The van der Waals surface area contributed by atoms with Crippen molar-refractivity contribution in [3.63, 3.8) is 0 Å². The second-order valence-electron chi connectivity index (χ2n) is 6.05. The standard InChI is InChI=1S/C19H21N3O4/c20-19(24)17-13-25-8-7-22(17)18(23)10-14-3-1-5-16(9-14)26-12-15-4-2-6-21-11-15/h1-6,9,11,17H,7-8,10,12-13H2,(H2,20,24). The number of aromatic nitrogens is 1. The molecule has 7 heteroatoms. The summed E-state index contributed by atoms with van der Waals surface area (Å²) in [7, 11) is 0. The highest BCUT2D eigenvalue weighted by molar-refractivity contribution is 5.87. The number of nitrogens with zero attached hydrogens (tertiary/aromatic N) is 2. The normalized spacial score (nSPS) is 16.9. The fraction of sp³-hybridized carbons (Fsp3) is 0.316. The largest absolute Gasteiger partial charge is 0.489 e. The molecular formula is C19H21N3O4. The van der Waals surface area contributed by atoms with Crippen molar-refractivity contribution < 1.29 is 19.1 Å². The number of rotatable bonds is 6. The van der Waals surface area contributed by atoms with Crippen LogP contribution in [0.1, 0.15) is 11.1 Å². The second-order valence-corrected chi connectivity index (χ2v) is 6.05. The molecule has 1 aliphatic heterocycles. The van der Waals surface area contributed by atoms with Crippen LogP contribution in [0.3, 0.4) is 0 Å². The summed E-state index contributed by atoms with van der Waals surface area (Å²) in [5, 5.41) is 0. The Hall–Kier alpha value is -2.93. The zero-order valence-corrected chi connectivity index (χ0v) is 14.3. The average molecular weight is 355 g/mol. The molecule has 0 spiro atoms. The van der Waals surface area contributed by atoms with Crippen molar-refractivity contribution in [3.8, 4) is 5.75 Å². The van der Waals surface area contributed by atoms with E-state index in [9.17, 15) is 9.59 Å². The van der Waals surface area contributed by atoms with E-state index in [1.165, 1.54) is 4.90 Å². The number of pyridine rings is 1. The van der Waals surface area contributed by atoms with Gasteiger partial charge in [0.2, 0.25) is 11.8 Å². The number of carbonyl (C=O) groups excluding carboxylic acids is 2. The lowest BCUT2D eigenvalue weighted by Crippen LogP contribution is -2.55. The lowest BCUT2D eigenvalue weighted by atomic mass is 10.1. The molecule has 3 rings (SSSR count). The Labute approximate surface area is 151 Å². The Balaban J connectivity index is 1.62. The zero-order chi connectivity index (χ0) is 18.4. The monoisotopic (exact) mass is 355 g/mol. The predicted molar refractivity (Wildman–Crippen MR) is 94.2 cm³/mol. The maximum absolute atomic E-state index is 12.6. The van der Waals surface area contributed by atoms with E-state index >= 15 is 0 Å². The van der Waals surface area contributed by atoms with E-state index in [2.05, 4.69) is 4.98 Å². The molecule has 0 aliphatic carbocycles. The van der Waals surface area contributed by atoms with E-state index < -0.39 is 11.9 Å². The van der Waals surface area contributed by atoms with Crippen LogP contribution >= 0.6 is 0 Å². The number of carbonyl (C=O) groups is 2. The molecule has 7 nitrogen and oxygen atoms in total. The Kier molecular flexibility index (Phi) is 5.80. The van der Waals surface area contributed by atoms with Crippen LogP contribution in [0.15, 0.2) is 48.8 Å². The molecule has 1 fully saturated rings. The van der Waals surface area contributed by atoms with Crippen molar-refractivity contribution in [2.75, 3.05) is 19.8 Å². The lowest BCUT2D eigenvalue weighted by molar-refractivity contribution is -0.146. The minimum Gasteiger partial charge on any atom is -0.489 e. The van der Waals surface area contributed by atoms with E-state index in [0.717, 1.165) is 11.1 Å². The molecule has 1 atom stereocenters. The third kappa shape index (κ3) is 4.58. The Morgan fingerprint density at radius 3 is 2.88 bits per heavy atom. The second kappa shape index (κ2) is 8.44. The van der Waals surface area contributed by atoms with E-state index in [1.807, 2.05) is 36.4 Å². The van der Waals surface area contributed by atoms with E-state index in [-0.39, 0.29) is 18.9 Å². The lowest BCUT2D eigenvalue weighted by Gasteiger charge is -2.33. The molecule has 2 heterocycles. The van der Waals surface area contributed by atoms with Gasteiger partial charge in [0.05, 0.1) is 19.6 Å². The Morgan fingerprint density at radius 2 is 2.12 bits per heavy atom. The minimum absolute atomic E-state index is 0.148. The molecule has 1 aliphatic rings. The van der Waals surface area contributed by atoms with Crippen LogP contribution in [0.4, 0.5) is 0 Å². The quantitative estimate of drug-likeness (QED) is 0.831. The third-order valence-electron chi connectivity index (χ3n) is 4.16. The number of primary amides is 1. The summed E-state index contributed by atoms with van der Waals surface area (Å²) >= 11 is 0. The molecule has 1 unspecified atom stereocenters. The first-order valence-electron chi connectivity index (χ1n) is 8.40. The molecular weight excluding hydrogens is 334 g/mol. The number of hydrogen-bond acceptors (Lipinski definition) is 5. The number of morpholine rings is 1. The van der Waals surface area contributed by atoms with Gasteiger partial charge in [-0.25, -0.2) is 0 Å². The van der Waals surface area contributed by atoms with Crippen LogP contribution in [0.2, 0.25) is 0 Å². The Bertz CT molecular complexity index is 766. The molecule has 1 saturated heterocycles. The van der Waals surface area contributed by atoms with E-state index in [4.69, 9.17) is 15.2 Å². The summed E-state index contributed by atoms with van der Waals surface area (Å²) in [6.07, 6.45) is 3.63. The van der Waals surface area contributed by atoms with Crippen LogP contribution in [0.25, 0.3) is 0 Å². The van der Waals surface area contributed by atoms with Crippen molar-refractivity contribution in [2.24, 2.45) is 5.73 Å². The molecule has 2 aromatic rings. The third-order valence-corrected chi connectivity index (χ3v) is 4.16. The molecule has 1 aromatic heterocycles. The van der Waals surface area contributed by atoms with Crippen LogP contribution in [0.5, 0.6) is 5.75 Å². The Morgan fingerprint density at radius 1 is 1.27 bits per heavy atom. The van der Waals surface area contributed by atoms with Crippen molar-refractivity contribution >= 4 is 11.8 Å². The first kappa shape index (κ1) is 17.9. The molecule has 0 radical (unpaired) electrons. The average Bonchev–Trinajstić information content (AvgIpc) is 2.67. The number of ether oxygens (including phenoxy) is 2. The number of hydrogen-bond donors (Lipinski definition) is 1. The summed E-state index contributed by atoms with van der Waals surface area (Å²) in [4.78, 5) is 29.6. The van der Waals surface area contributed by atoms with Gasteiger partial charge in [-0.05, 0) is 23.8 Å². The van der Waals surface area contributed by atoms with Gasteiger partial charge in [-0.1, -0.05) is 18.2 Å². The van der Waals surface area contributed by atoms with Gasteiger partial charge < -0.3 is 20.1 Å². The number of benzene rings is 1. The molecule has 2 N–H and O–H groups in total. The van der Waals surface area contributed by atoms with Gasteiger partial charge in [0.25, 0.3) is 0 Å². The number of nitrogens with two attached hydrogens (primary N) is 1. The molecule has 2 amide bonds. The first-order valence-corrected chi connectivity index (χ1v) is 8.40. The summed E-state index contributed by atoms with van der Waals surface area (Å²) in [5.41, 5.74) is 7.15. The summed E-state index contributed by atoms with van der Waals surface area (Å²) in [6, 6.07) is 10.4. The van der Waals surface area contributed by atoms with Gasteiger partial charge >= 0.3 is 0 Å². The van der Waals surface area contributed by atoms with Crippen LogP contribution in [-0.4, -0.2) is 47.5 Å². The molecule has 0 bridgehead atoms. The van der Waals surface area contributed by atoms with E-state index in [1.54, 1.807) is 12.4 Å². The van der Waals surface area contributed by atoms with E-state index in [0.29, 0.717) is 25.5 Å². The van der Waals surface area contributed by atoms with Crippen molar-refractivity contribution in [3.05, 3.63) is 59.9 Å². The zero-order valence-electron chi connectivity index (χ0n) is 14.3. The van der Waals surface area contributed by atoms with Gasteiger partial charge in [0.15, 0.2) is 0 Å². The topological polar surface area (TPSA) is 94.8 Å². The van der Waals surface area contributed by atoms with Gasteiger partial charge in [0, 0.05) is 24.5 Å². The summed E-state index contributed by atoms with van der Waals surface area (Å²) in [6.45, 7) is 1.32. The van der Waals surface area contributed by atoms with Gasteiger partial charge in [-0.2, -0.15) is 0 Å². The minimum atomic E-state index is -0.707. The van der Waals surface area contributed by atoms with Gasteiger partial charge in [-0.15, -0.1) is 0 Å². The molecule has 26 heavy (non-hydrogen) atoms. The highest BCUT2D eigenvalue weighted by Gasteiger charge is 2.31. The maximum Gasteiger partial charge on any atom is 0.242 e. The molecule has 0 saturated carbocycles. The summed E-state index contributed by atoms with van der Waals surface area (Å²) in [5.74, 6) is -0.0271. The molecule has 136 valence electrons. The number of amides is 2. The van der Waals surface area contributed by atoms with Crippen molar-refractivity contribution in [2.45, 2.75) is 19.1 Å². The first-order chi connectivity index (χ1) is 12.6. The molecule has 1 aromatic carbocycles. The maximum atomic E-state index is 12.6. The van der Waals surface area contributed by atoms with Gasteiger partial charge in [0.1, 0.15) is 18.4 Å². The van der Waals surface area contributed by atoms with Crippen molar-refractivity contribution in [1.29, 1.82) is 0 Å². The predicted octanol–water partition coefficient (Wildman–Crippen LogP) is 0.916. The van der Waals surface area contributed by atoms with Crippen LogP contribution in [0, 0.1) is 0 Å². The van der Waals surface area contributed by atoms with Crippen molar-refractivity contribution in [1.82, 2.24) is 9.88 Å². The van der Waals surface area contributed by atoms with Gasteiger partial charge in [-0.3, -0.25) is 14.6 Å². The fourth-order valence-corrected chi connectivity index (χ4v) is 2.81. The SMILES string of the molecule is NC(=O)C1COCCN1C(=O)Cc1cccc(OCc2cccnc2)c1. The van der Waals surface area contributed by atoms with Crippen LogP contribution < -0.4 is 10.5 Å². The highest BCUT2D eigenvalue weighted by atomic mass is 16.5. The fourth-order valence-electron chi connectivity index (χ4n) is 2.81. The van der Waals surface area contributed by atoms with Crippen LogP contribution in [-0.2, 0) is 27.4 Å². The summed E-state index contributed by atoms with van der Waals surface area (Å²) < 4.78 is 11.0. The highest BCUT2D eigenvalue weighted by Crippen LogP contribution is 2.17.